The standard InChI is InChI=1S/C18H18ClF3N2O/c19-15-3-1-2-13(12-15)8-10-24-17(25)9-11-23-16-6-4-14(5-7-16)18(20,21)22/h1-7,12,23H,8-11H2,(H,24,25). The van der Waals surface area contributed by atoms with Gasteiger partial charge in [-0.2, -0.15) is 13.2 Å². The largest absolute Gasteiger partial charge is 0.416 e. The summed E-state index contributed by atoms with van der Waals surface area (Å²) in [6.45, 7) is 0.841. The fourth-order valence-electron chi connectivity index (χ4n) is 2.22. The molecule has 0 fully saturated rings. The highest BCUT2D eigenvalue weighted by Crippen LogP contribution is 2.29. The van der Waals surface area contributed by atoms with E-state index in [1.807, 2.05) is 18.2 Å². The van der Waals surface area contributed by atoms with E-state index < -0.39 is 11.7 Å². The predicted molar refractivity (Wildman–Crippen MR) is 92.7 cm³/mol. The van der Waals surface area contributed by atoms with E-state index in [4.69, 9.17) is 11.6 Å². The highest BCUT2D eigenvalue weighted by Gasteiger charge is 2.29. The first-order chi connectivity index (χ1) is 11.8. The van der Waals surface area contributed by atoms with Crippen molar-refractivity contribution in [1.82, 2.24) is 5.32 Å². The van der Waals surface area contributed by atoms with Crippen LogP contribution >= 0.6 is 11.6 Å². The third kappa shape index (κ3) is 6.66. The molecule has 0 bridgehead atoms. The van der Waals surface area contributed by atoms with Crippen LogP contribution in [0.3, 0.4) is 0 Å². The average Bonchev–Trinajstić information content (AvgIpc) is 2.54. The van der Waals surface area contributed by atoms with E-state index in [0.29, 0.717) is 30.2 Å². The molecule has 3 nitrogen and oxygen atoms in total. The lowest BCUT2D eigenvalue weighted by atomic mass is 10.1. The Morgan fingerprint density at radius 3 is 2.40 bits per heavy atom. The van der Waals surface area contributed by atoms with Gasteiger partial charge in [-0.15, -0.1) is 0 Å². The Morgan fingerprint density at radius 2 is 1.76 bits per heavy atom. The minimum atomic E-state index is -4.35. The Bertz CT molecular complexity index is 702. The Labute approximate surface area is 149 Å². The van der Waals surface area contributed by atoms with Crippen molar-refractivity contribution in [3.63, 3.8) is 0 Å². The number of halogens is 4. The minimum Gasteiger partial charge on any atom is -0.385 e. The zero-order valence-corrected chi connectivity index (χ0v) is 14.1. The molecule has 0 aromatic heterocycles. The van der Waals surface area contributed by atoms with E-state index in [1.165, 1.54) is 12.1 Å². The molecule has 0 aliphatic carbocycles. The summed E-state index contributed by atoms with van der Waals surface area (Å²) in [6, 6.07) is 12.1. The Kier molecular flexibility index (Phi) is 6.70. The number of amides is 1. The Hall–Kier alpha value is -2.21. The van der Waals surface area contributed by atoms with Crippen molar-refractivity contribution in [2.75, 3.05) is 18.4 Å². The first-order valence-corrected chi connectivity index (χ1v) is 8.14. The highest BCUT2D eigenvalue weighted by molar-refractivity contribution is 6.30. The van der Waals surface area contributed by atoms with Gasteiger partial charge in [0, 0.05) is 30.2 Å². The lowest BCUT2D eigenvalue weighted by Crippen LogP contribution is -2.27. The van der Waals surface area contributed by atoms with E-state index in [2.05, 4.69) is 10.6 Å². The zero-order chi connectivity index (χ0) is 18.3. The van der Waals surface area contributed by atoms with Crippen LogP contribution in [0.25, 0.3) is 0 Å². The molecule has 2 N–H and O–H groups in total. The summed E-state index contributed by atoms with van der Waals surface area (Å²) in [7, 11) is 0. The molecular weight excluding hydrogens is 353 g/mol. The number of rotatable bonds is 7. The first kappa shape index (κ1) is 19.1. The van der Waals surface area contributed by atoms with Crippen molar-refractivity contribution in [1.29, 1.82) is 0 Å². The minimum absolute atomic E-state index is 0.124. The van der Waals surface area contributed by atoms with Gasteiger partial charge in [0.05, 0.1) is 5.56 Å². The van der Waals surface area contributed by atoms with Crippen molar-refractivity contribution in [3.05, 3.63) is 64.7 Å². The lowest BCUT2D eigenvalue weighted by molar-refractivity contribution is -0.137. The van der Waals surface area contributed by atoms with Crippen LogP contribution in [-0.2, 0) is 17.4 Å². The molecule has 0 radical (unpaired) electrons. The number of benzene rings is 2. The maximum absolute atomic E-state index is 12.5. The zero-order valence-electron chi connectivity index (χ0n) is 13.4. The summed E-state index contributed by atoms with van der Waals surface area (Å²) < 4.78 is 37.4. The molecule has 0 spiro atoms. The van der Waals surface area contributed by atoms with Crippen LogP contribution < -0.4 is 10.6 Å². The van der Waals surface area contributed by atoms with Crippen LogP contribution in [0.5, 0.6) is 0 Å². The lowest BCUT2D eigenvalue weighted by Gasteiger charge is -2.10. The molecule has 134 valence electrons. The van der Waals surface area contributed by atoms with Gasteiger partial charge in [-0.25, -0.2) is 0 Å². The number of anilines is 1. The molecule has 7 heteroatoms. The number of carbonyl (C=O) groups is 1. The van der Waals surface area contributed by atoms with Crippen LogP contribution in [0.2, 0.25) is 5.02 Å². The van der Waals surface area contributed by atoms with Crippen LogP contribution in [0, 0.1) is 0 Å². The van der Waals surface area contributed by atoms with Gasteiger partial charge in [0.15, 0.2) is 0 Å². The fourth-order valence-corrected chi connectivity index (χ4v) is 2.44. The summed E-state index contributed by atoms with van der Waals surface area (Å²) >= 11 is 5.89. The van der Waals surface area contributed by atoms with Crippen LogP contribution in [0.4, 0.5) is 18.9 Å². The van der Waals surface area contributed by atoms with Crippen molar-refractivity contribution in [2.24, 2.45) is 0 Å². The molecule has 0 aliphatic rings. The van der Waals surface area contributed by atoms with Gasteiger partial charge in [-0.3, -0.25) is 4.79 Å². The third-order valence-corrected chi connectivity index (χ3v) is 3.75. The molecule has 25 heavy (non-hydrogen) atoms. The van der Waals surface area contributed by atoms with Crippen molar-refractivity contribution >= 4 is 23.2 Å². The van der Waals surface area contributed by atoms with Gasteiger partial charge in [0.2, 0.25) is 5.91 Å². The number of hydrogen-bond donors (Lipinski definition) is 2. The second kappa shape index (κ2) is 8.76. The summed E-state index contributed by atoms with van der Waals surface area (Å²) in [5.74, 6) is -0.124. The SMILES string of the molecule is O=C(CCNc1ccc(C(F)(F)F)cc1)NCCc1cccc(Cl)c1. The van der Waals surface area contributed by atoms with Gasteiger partial charge in [-0.05, 0) is 48.4 Å². The number of carbonyl (C=O) groups excluding carboxylic acids is 1. The average molecular weight is 371 g/mol. The van der Waals surface area contributed by atoms with Crippen LogP contribution in [-0.4, -0.2) is 19.0 Å². The molecule has 0 aliphatic heterocycles. The van der Waals surface area contributed by atoms with Gasteiger partial charge >= 0.3 is 6.18 Å². The Morgan fingerprint density at radius 1 is 1.04 bits per heavy atom. The summed E-state index contributed by atoms with van der Waals surface area (Å²) in [4.78, 5) is 11.8. The second-order valence-electron chi connectivity index (χ2n) is 5.48. The summed E-state index contributed by atoms with van der Waals surface area (Å²) in [5, 5.41) is 6.38. The molecule has 2 rings (SSSR count). The monoisotopic (exact) mass is 370 g/mol. The number of nitrogens with one attached hydrogen (secondary N) is 2. The predicted octanol–water partition coefficient (Wildman–Crippen LogP) is 4.52. The number of hydrogen-bond acceptors (Lipinski definition) is 2. The molecular formula is C18H18ClF3N2O. The van der Waals surface area contributed by atoms with Gasteiger partial charge in [-0.1, -0.05) is 23.7 Å². The van der Waals surface area contributed by atoms with E-state index in [-0.39, 0.29) is 12.3 Å². The van der Waals surface area contributed by atoms with Crippen LogP contribution in [0.15, 0.2) is 48.5 Å². The molecule has 0 heterocycles. The second-order valence-corrected chi connectivity index (χ2v) is 5.92. The van der Waals surface area contributed by atoms with E-state index in [0.717, 1.165) is 17.7 Å². The van der Waals surface area contributed by atoms with E-state index in [9.17, 15) is 18.0 Å². The fraction of sp³-hybridized carbons (Fsp3) is 0.278. The van der Waals surface area contributed by atoms with Crippen molar-refractivity contribution in [2.45, 2.75) is 19.0 Å². The molecule has 1 amide bonds. The van der Waals surface area contributed by atoms with E-state index >= 15 is 0 Å². The first-order valence-electron chi connectivity index (χ1n) is 7.77. The maximum atomic E-state index is 12.5. The highest BCUT2D eigenvalue weighted by atomic mass is 35.5. The maximum Gasteiger partial charge on any atom is 0.416 e. The third-order valence-electron chi connectivity index (χ3n) is 3.52. The van der Waals surface area contributed by atoms with Gasteiger partial charge < -0.3 is 10.6 Å². The van der Waals surface area contributed by atoms with Crippen molar-refractivity contribution < 1.29 is 18.0 Å². The van der Waals surface area contributed by atoms with Crippen LogP contribution in [0.1, 0.15) is 17.5 Å². The molecule has 0 saturated heterocycles. The number of alkyl halides is 3. The topological polar surface area (TPSA) is 41.1 Å². The molecule has 0 unspecified atom stereocenters. The molecule has 0 saturated carbocycles. The van der Waals surface area contributed by atoms with Crippen molar-refractivity contribution in [3.8, 4) is 0 Å². The Balaban J connectivity index is 1.66. The normalized spacial score (nSPS) is 11.2. The van der Waals surface area contributed by atoms with E-state index in [1.54, 1.807) is 6.07 Å². The van der Waals surface area contributed by atoms with Gasteiger partial charge in [0.25, 0.3) is 0 Å². The van der Waals surface area contributed by atoms with Gasteiger partial charge in [0.1, 0.15) is 0 Å². The molecule has 2 aromatic carbocycles. The molecule has 2 aromatic rings. The quantitative estimate of drug-likeness (QED) is 0.752. The molecule has 0 atom stereocenters. The smallest absolute Gasteiger partial charge is 0.385 e. The summed E-state index contributed by atoms with van der Waals surface area (Å²) in [6.07, 6.45) is -3.43. The summed E-state index contributed by atoms with van der Waals surface area (Å²) in [5.41, 5.74) is 0.882.